The number of hydrogen-bond donors (Lipinski definition) is 1. The maximum atomic E-state index is 12.2. The van der Waals surface area contributed by atoms with E-state index in [1.54, 1.807) is 0 Å². The summed E-state index contributed by atoms with van der Waals surface area (Å²) in [6, 6.07) is 7.83. The van der Waals surface area contributed by atoms with Crippen LogP contribution in [0.4, 0.5) is 0 Å². The maximum absolute atomic E-state index is 12.2. The number of nitrogens with zero attached hydrogens (tertiary/aromatic N) is 2. The molecule has 1 amide bonds. The van der Waals surface area contributed by atoms with Crippen molar-refractivity contribution in [3.8, 4) is 5.75 Å². The fourth-order valence-electron chi connectivity index (χ4n) is 5.37. The highest BCUT2D eigenvalue weighted by Crippen LogP contribution is 2.42. The first-order chi connectivity index (χ1) is 15.6. The molecule has 4 aliphatic rings. The van der Waals surface area contributed by atoms with E-state index in [0.717, 1.165) is 62.5 Å². The summed E-state index contributed by atoms with van der Waals surface area (Å²) in [5.41, 5.74) is 2.02. The number of benzene rings is 1. The molecule has 6 heteroatoms. The third-order valence-corrected chi connectivity index (χ3v) is 7.60. The van der Waals surface area contributed by atoms with E-state index in [1.165, 1.54) is 25.7 Å². The van der Waals surface area contributed by atoms with Crippen molar-refractivity contribution in [3.05, 3.63) is 29.8 Å². The minimum absolute atomic E-state index is 0.0496. The molecule has 1 atom stereocenters. The molecule has 32 heavy (non-hydrogen) atoms. The van der Waals surface area contributed by atoms with Gasteiger partial charge in [0.05, 0.1) is 5.71 Å². The summed E-state index contributed by atoms with van der Waals surface area (Å²) >= 11 is 0. The maximum Gasteiger partial charge on any atom is 0.257 e. The van der Waals surface area contributed by atoms with Gasteiger partial charge in [-0.15, -0.1) is 0 Å². The van der Waals surface area contributed by atoms with Crippen LogP contribution >= 0.6 is 0 Å². The average molecular weight is 442 g/mol. The number of amides is 1. The minimum Gasteiger partial charge on any atom is -0.484 e. The van der Waals surface area contributed by atoms with Gasteiger partial charge in [0, 0.05) is 6.54 Å². The predicted octanol–water partition coefficient (Wildman–Crippen LogP) is 4.23. The van der Waals surface area contributed by atoms with E-state index in [4.69, 9.17) is 9.57 Å². The summed E-state index contributed by atoms with van der Waals surface area (Å²) in [6.07, 6.45) is 9.89. The highest BCUT2D eigenvalue weighted by Gasteiger charge is 2.37. The molecule has 4 fully saturated rings. The Morgan fingerprint density at radius 2 is 1.81 bits per heavy atom. The number of carbonyl (C=O) groups is 1. The summed E-state index contributed by atoms with van der Waals surface area (Å²) in [6.45, 7) is 5.12. The second-order valence-corrected chi connectivity index (χ2v) is 9.92. The zero-order valence-corrected chi connectivity index (χ0v) is 19.7. The summed E-state index contributed by atoms with van der Waals surface area (Å²) in [5, 5.41) is 7.56. The normalized spacial score (nSPS) is 26.7. The number of nitrogens with one attached hydrogen (secondary N) is 1. The number of rotatable bonds is 9. The van der Waals surface area contributed by atoms with Gasteiger partial charge in [0.15, 0.2) is 6.61 Å². The summed E-state index contributed by atoms with van der Waals surface area (Å²) in [5.74, 6) is 2.74. The predicted molar refractivity (Wildman–Crippen MR) is 127 cm³/mol. The molecule has 1 saturated heterocycles. The van der Waals surface area contributed by atoms with Gasteiger partial charge in [-0.1, -0.05) is 12.1 Å². The van der Waals surface area contributed by atoms with Crippen LogP contribution in [0.15, 0.2) is 29.4 Å². The standard InChI is InChI=1S/C26H39N3O3/c1-3-24(28-32-25-16-19-4-6-22(25)7-5-19)21-8-10-23(11-9-21)31-18-26(30)27-17-20-12-14-29(2)15-13-20/h8-11,19-20,22,25H,3-7,12-18H2,1-2H3,(H,27,30). The molecule has 1 aromatic carbocycles. The van der Waals surface area contributed by atoms with Crippen molar-refractivity contribution >= 4 is 11.6 Å². The van der Waals surface area contributed by atoms with E-state index in [1.807, 2.05) is 24.3 Å². The van der Waals surface area contributed by atoms with Gasteiger partial charge in [0.2, 0.25) is 0 Å². The number of carbonyl (C=O) groups excluding carboxylic acids is 1. The molecule has 0 radical (unpaired) electrons. The van der Waals surface area contributed by atoms with E-state index >= 15 is 0 Å². The molecule has 1 unspecified atom stereocenters. The van der Waals surface area contributed by atoms with Gasteiger partial charge >= 0.3 is 0 Å². The summed E-state index contributed by atoms with van der Waals surface area (Å²) in [4.78, 5) is 20.5. The second kappa shape index (κ2) is 11.2. The first-order valence-corrected chi connectivity index (χ1v) is 12.5. The molecule has 2 bridgehead atoms. The topological polar surface area (TPSA) is 63.2 Å². The van der Waals surface area contributed by atoms with E-state index in [2.05, 4.69) is 29.3 Å². The number of hydrogen-bond acceptors (Lipinski definition) is 5. The van der Waals surface area contributed by atoms with E-state index in [9.17, 15) is 4.79 Å². The van der Waals surface area contributed by atoms with Gasteiger partial charge in [0.1, 0.15) is 11.9 Å². The first kappa shape index (κ1) is 23.1. The number of oxime groups is 1. The SMILES string of the molecule is CCC(=NOC1CC2CCC1CC2)c1ccc(OCC(=O)NCC2CCN(C)CC2)cc1. The van der Waals surface area contributed by atoms with Crippen LogP contribution in [-0.4, -0.2) is 55.9 Å². The average Bonchev–Trinajstić information content (AvgIpc) is 2.84. The Kier molecular flexibility index (Phi) is 8.06. The molecule has 176 valence electrons. The summed E-state index contributed by atoms with van der Waals surface area (Å²) < 4.78 is 5.69. The minimum atomic E-state index is -0.0565. The fourth-order valence-corrected chi connectivity index (χ4v) is 5.37. The molecule has 6 nitrogen and oxygen atoms in total. The van der Waals surface area contributed by atoms with Crippen LogP contribution in [0.25, 0.3) is 0 Å². The van der Waals surface area contributed by atoms with Crippen molar-refractivity contribution in [1.29, 1.82) is 0 Å². The molecule has 1 aliphatic heterocycles. The monoisotopic (exact) mass is 441 g/mol. The molecular weight excluding hydrogens is 402 g/mol. The molecule has 3 aliphatic carbocycles. The second-order valence-electron chi connectivity index (χ2n) is 9.92. The van der Waals surface area contributed by atoms with Crippen LogP contribution < -0.4 is 10.1 Å². The van der Waals surface area contributed by atoms with E-state index < -0.39 is 0 Å². The van der Waals surface area contributed by atoms with Gasteiger partial charge < -0.3 is 19.8 Å². The lowest BCUT2D eigenvalue weighted by atomic mass is 9.69. The van der Waals surface area contributed by atoms with Gasteiger partial charge in [-0.3, -0.25) is 4.79 Å². The van der Waals surface area contributed by atoms with Crippen LogP contribution in [0.1, 0.15) is 63.9 Å². The lowest BCUT2D eigenvalue weighted by molar-refractivity contribution is -0.123. The van der Waals surface area contributed by atoms with Gasteiger partial charge in [-0.05, 0) is 119 Å². The van der Waals surface area contributed by atoms with Crippen LogP contribution in [0.5, 0.6) is 5.75 Å². The first-order valence-electron chi connectivity index (χ1n) is 12.5. The smallest absolute Gasteiger partial charge is 0.257 e. The summed E-state index contributed by atoms with van der Waals surface area (Å²) in [7, 11) is 2.15. The van der Waals surface area contributed by atoms with E-state index in [-0.39, 0.29) is 12.5 Å². The fraction of sp³-hybridized carbons (Fsp3) is 0.692. The van der Waals surface area contributed by atoms with Crippen molar-refractivity contribution in [3.63, 3.8) is 0 Å². The molecular formula is C26H39N3O3. The lowest BCUT2D eigenvalue weighted by Crippen LogP contribution is -2.38. The zero-order chi connectivity index (χ0) is 22.3. The Labute approximate surface area is 192 Å². The van der Waals surface area contributed by atoms with E-state index in [0.29, 0.717) is 23.7 Å². The van der Waals surface area contributed by atoms with Gasteiger partial charge in [-0.25, -0.2) is 0 Å². The van der Waals surface area contributed by atoms with Crippen LogP contribution in [0.3, 0.4) is 0 Å². The van der Waals surface area contributed by atoms with Crippen molar-refractivity contribution in [2.75, 3.05) is 33.3 Å². The van der Waals surface area contributed by atoms with Crippen molar-refractivity contribution in [2.24, 2.45) is 22.9 Å². The molecule has 0 aromatic heterocycles. The molecule has 0 spiro atoms. The third kappa shape index (κ3) is 6.25. The number of ether oxygens (including phenoxy) is 1. The van der Waals surface area contributed by atoms with Crippen LogP contribution in [0.2, 0.25) is 0 Å². The van der Waals surface area contributed by atoms with Gasteiger partial charge in [0.25, 0.3) is 5.91 Å². The molecule has 1 aromatic rings. The molecule has 1 N–H and O–H groups in total. The van der Waals surface area contributed by atoms with Crippen molar-refractivity contribution in [1.82, 2.24) is 10.2 Å². The highest BCUT2D eigenvalue weighted by atomic mass is 16.6. The molecule has 5 rings (SSSR count). The number of fused-ring (bicyclic) bond motifs is 3. The molecule has 1 heterocycles. The van der Waals surface area contributed by atoms with Crippen molar-refractivity contribution in [2.45, 2.75) is 64.4 Å². The van der Waals surface area contributed by atoms with Gasteiger partial charge in [-0.2, -0.15) is 0 Å². The third-order valence-electron chi connectivity index (χ3n) is 7.60. The Balaban J connectivity index is 1.21. The Hall–Kier alpha value is -2.08. The lowest BCUT2D eigenvalue weighted by Gasteiger charge is -2.40. The number of piperidine rings is 1. The number of likely N-dealkylation sites (tertiary alicyclic amines) is 1. The zero-order valence-electron chi connectivity index (χ0n) is 19.7. The van der Waals surface area contributed by atoms with Crippen LogP contribution in [-0.2, 0) is 9.63 Å². The Bertz CT molecular complexity index is 763. The quantitative estimate of drug-likeness (QED) is 0.460. The Morgan fingerprint density at radius 1 is 1.09 bits per heavy atom. The highest BCUT2D eigenvalue weighted by molar-refractivity contribution is 6.00. The van der Waals surface area contributed by atoms with Crippen LogP contribution in [0, 0.1) is 17.8 Å². The molecule has 3 saturated carbocycles. The Morgan fingerprint density at radius 3 is 2.44 bits per heavy atom. The van der Waals surface area contributed by atoms with Crippen molar-refractivity contribution < 1.29 is 14.4 Å². The largest absolute Gasteiger partial charge is 0.484 e.